The van der Waals surface area contributed by atoms with E-state index in [-0.39, 0.29) is 11.5 Å². The third kappa shape index (κ3) is 6.32. The first kappa shape index (κ1) is 17.7. The molecular weight excluding hydrogens is 262 g/mol. The van der Waals surface area contributed by atoms with E-state index in [1.807, 2.05) is 0 Å². The van der Waals surface area contributed by atoms with Crippen molar-refractivity contribution in [2.45, 2.75) is 60.3 Å². The summed E-state index contributed by atoms with van der Waals surface area (Å²) in [6, 6.07) is 1.63. The van der Waals surface area contributed by atoms with Crippen molar-refractivity contribution < 1.29 is 0 Å². The molecule has 0 saturated heterocycles. The van der Waals surface area contributed by atoms with Gasteiger partial charge in [0.2, 0.25) is 0 Å². The molecule has 120 valence electrons. The lowest BCUT2D eigenvalue weighted by Crippen LogP contribution is -2.30. The second-order valence-corrected chi connectivity index (χ2v) is 7.00. The van der Waals surface area contributed by atoms with Crippen LogP contribution in [0.4, 0.5) is 5.82 Å². The SMILES string of the molecule is CC(C)CCN(CCC(C)C)c1cc(=O)[nH]c(C(C)C)n1. The molecule has 0 radical (unpaired) electrons. The third-order valence-corrected chi connectivity index (χ3v) is 3.57. The summed E-state index contributed by atoms with van der Waals surface area (Å²) in [7, 11) is 0. The molecule has 0 saturated carbocycles. The lowest BCUT2D eigenvalue weighted by atomic mass is 10.1. The van der Waals surface area contributed by atoms with Crippen molar-refractivity contribution in [1.82, 2.24) is 9.97 Å². The van der Waals surface area contributed by atoms with E-state index in [4.69, 9.17) is 0 Å². The van der Waals surface area contributed by atoms with E-state index in [2.05, 4.69) is 56.4 Å². The minimum atomic E-state index is -0.0530. The van der Waals surface area contributed by atoms with Crippen molar-refractivity contribution in [3.8, 4) is 0 Å². The van der Waals surface area contributed by atoms with Crippen LogP contribution in [0.25, 0.3) is 0 Å². The average molecular weight is 293 g/mol. The molecule has 0 fully saturated rings. The van der Waals surface area contributed by atoms with E-state index in [1.54, 1.807) is 6.07 Å². The van der Waals surface area contributed by atoms with Crippen molar-refractivity contribution in [2.75, 3.05) is 18.0 Å². The highest BCUT2D eigenvalue weighted by Gasteiger charge is 2.13. The van der Waals surface area contributed by atoms with E-state index < -0.39 is 0 Å². The molecule has 21 heavy (non-hydrogen) atoms. The van der Waals surface area contributed by atoms with Crippen LogP contribution in [-0.2, 0) is 0 Å². The number of aromatic nitrogens is 2. The van der Waals surface area contributed by atoms with E-state index in [1.165, 1.54) is 0 Å². The molecular formula is C17H31N3O. The summed E-state index contributed by atoms with van der Waals surface area (Å²) >= 11 is 0. The van der Waals surface area contributed by atoms with Gasteiger partial charge in [0, 0.05) is 25.1 Å². The van der Waals surface area contributed by atoms with Gasteiger partial charge in [-0.25, -0.2) is 4.98 Å². The predicted octanol–water partition coefficient (Wildman–Crippen LogP) is 3.79. The van der Waals surface area contributed by atoms with Crippen LogP contribution in [0.2, 0.25) is 0 Å². The molecule has 0 bridgehead atoms. The van der Waals surface area contributed by atoms with Gasteiger partial charge < -0.3 is 9.88 Å². The summed E-state index contributed by atoms with van der Waals surface area (Å²) in [6.45, 7) is 14.9. The first-order chi connectivity index (χ1) is 9.79. The van der Waals surface area contributed by atoms with Gasteiger partial charge in [0.1, 0.15) is 11.6 Å². The monoisotopic (exact) mass is 293 g/mol. The summed E-state index contributed by atoms with van der Waals surface area (Å²) in [6.07, 6.45) is 2.23. The maximum Gasteiger partial charge on any atom is 0.252 e. The number of anilines is 1. The Balaban J connectivity index is 2.97. The fourth-order valence-electron chi connectivity index (χ4n) is 2.07. The summed E-state index contributed by atoms with van der Waals surface area (Å²) in [5.41, 5.74) is -0.0530. The summed E-state index contributed by atoms with van der Waals surface area (Å²) < 4.78 is 0. The number of hydrogen-bond acceptors (Lipinski definition) is 3. The molecule has 0 aliphatic rings. The molecule has 0 aromatic carbocycles. The molecule has 4 heteroatoms. The van der Waals surface area contributed by atoms with Gasteiger partial charge in [-0.3, -0.25) is 4.79 Å². The predicted molar refractivity (Wildman–Crippen MR) is 90.1 cm³/mol. The molecule has 0 amide bonds. The quantitative estimate of drug-likeness (QED) is 0.793. The first-order valence-electron chi connectivity index (χ1n) is 8.15. The van der Waals surface area contributed by atoms with Crippen molar-refractivity contribution in [1.29, 1.82) is 0 Å². The van der Waals surface area contributed by atoms with E-state index in [0.29, 0.717) is 11.8 Å². The molecule has 1 aromatic heterocycles. The van der Waals surface area contributed by atoms with Gasteiger partial charge >= 0.3 is 0 Å². The molecule has 0 unspecified atom stereocenters. The van der Waals surface area contributed by atoms with Gasteiger partial charge in [-0.1, -0.05) is 41.5 Å². The fraction of sp³-hybridized carbons (Fsp3) is 0.765. The van der Waals surface area contributed by atoms with Crippen LogP contribution >= 0.6 is 0 Å². The standard InChI is InChI=1S/C17H31N3O/c1-12(2)7-9-20(10-8-13(3)4)15-11-16(21)19-17(18-15)14(5)6/h11-14H,7-10H2,1-6H3,(H,18,19,21). The Hall–Kier alpha value is -1.32. The summed E-state index contributed by atoms with van der Waals surface area (Å²) in [5.74, 6) is 3.13. The molecule has 0 atom stereocenters. The zero-order valence-corrected chi connectivity index (χ0v) is 14.4. The molecule has 0 spiro atoms. The van der Waals surface area contributed by atoms with Crippen LogP contribution in [0.1, 0.15) is 66.1 Å². The second-order valence-electron chi connectivity index (χ2n) is 7.00. The molecule has 4 nitrogen and oxygen atoms in total. The zero-order chi connectivity index (χ0) is 16.0. The number of nitrogens with zero attached hydrogens (tertiary/aromatic N) is 2. The summed E-state index contributed by atoms with van der Waals surface area (Å²) in [5, 5.41) is 0. The van der Waals surface area contributed by atoms with Crippen LogP contribution in [0.3, 0.4) is 0 Å². The highest BCUT2D eigenvalue weighted by atomic mass is 16.1. The Morgan fingerprint density at radius 1 is 1.05 bits per heavy atom. The molecule has 0 aliphatic carbocycles. The number of hydrogen-bond donors (Lipinski definition) is 1. The molecule has 1 rings (SSSR count). The Kier molecular flexibility index (Phi) is 6.93. The van der Waals surface area contributed by atoms with Crippen molar-refractivity contribution in [2.24, 2.45) is 11.8 Å². The van der Waals surface area contributed by atoms with E-state index >= 15 is 0 Å². The van der Waals surface area contributed by atoms with Gasteiger partial charge in [-0.05, 0) is 24.7 Å². The number of rotatable bonds is 8. The largest absolute Gasteiger partial charge is 0.356 e. The van der Waals surface area contributed by atoms with Crippen LogP contribution in [0.15, 0.2) is 10.9 Å². The average Bonchev–Trinajstić information content (AvgIpc) is 2.37. The van der Waals surface area contributed by atoms with Gasteiger partial charge in [-0.15, -0.1) is 0 Å². The maximum absolute atomic E-state index is 11.9. The highest BCUT2D eigenvalue weighted by Crippen LogP contribution is 2.16. The smallest absolute Gasteiger partial charge is 0.252 e. The topological polar surface area (TPSA) is 49.0 Å². The summed E-state index contributed by atoms with van der Waals surface area (Å²) in [4.78, 5) is 21.6. The Labute approximate surface area is 129 Å². The number of aromatic amines is 1. The minimum absolute atomic E-state index is 0.0530. The second kappa shape index (κ2) is 8.20. The molecule has 1 heterocycles. The van der Waals surface area contributed by atoms with Crippen LogP contribution in [0.5, 0.6) is 0 Å². The minimum Gasteiger partial charge on any atom is -0.356 e. The van der Waals surface area contributed by atoms with Crippen LogP contribution < -0.4 is 10.5 Å². The Morgan fingerprint density at radius 3 is 2.00 bits per heavy atom. The van der Waals surface area contributed by atoms with Gasteiger partial charge in [-0.2, -0.15) is 0 Å². The zero-order valence-electron chi connectivity index (χ0n) is 14.4. The van der Waals surface area contributed by atoms with Gasteiger partial charge in [0.05, 0.1) is 0 Å². The normalized spacial score (nSPS) is 11.7. The van der Waals surface area contributed by atoms with Gasteiger partial charge in [0.15, 0.2) is 0 Å². The van der Waals surface area contributed by atoms with Crippen molar-refractivity contribution in [3.63, 3.8) is 0 Å². The van der Waals surface area contributed by atoms with E-state index in [9.17, 15) is 4.79 Å². The lowest BCUT2D eigenvalue weighted by Gasteiger charge is -2.26. The maximum atomic E-state index is 11.9. The lowest BCUT2D eigenvalue weighted by molar-refractivity contribution is 0.531. The highest BCUT2D eigenvalue weighted by molar-refractivity contribution is 5.37. The Morgan fingerprint density at radius 2 is 1.57 bits per heavy atom. The molecule has 1 aromatic rings. The van der Waals surface area contributed by atoms with Crippen LogP contribution in [0, 0.1) is 11.8 Å². The number of nitrogens with one attached hydrogen (secondary N) is 1. The molecule has 1 N–H and O–H groups in total. The first-order valence-corrected chi connectivity index (χ1v) is 8.15. The van der Waals surface area contributed by atoms with Crippen molar-refractivity contribution in [3.05, 3.63) is 22.2 Å². The number of H-pyrrole nitrogens is 1. The van der Waals surface area contributed by atoms with Crippen molar-refractivity contribution >= 4 is 5.82 Å². The fourth-order valence-corrected chi connectivity index (χ4v) is 2.07. The van der Waals surface area contributed by atoms with Gasteiger partial charge in [0.25, 0.3) is 5.56 Å². The third-order valence-electron chi connectivity index (χ3n) is 3.57. The molecule has 0 aliphatic heterocycles. The van der Waals surface area contributed by atoms with Crippen LogP contribution in [-0.4, -0.2) is 23.1 Å². The van der Waals surface area contributed by atoms with E-state index in [0.717, 1.165) is 37.6 Å². The Bertz CT molecular complexity index is 465.